The quantitative estimate of drug-likeness (QED) is 0.0913. The van der Waals surface area contributed by atoms with Crippen molar-refractivity contribution < 1.29 is 33.4 Å². The van der Waals surface area contributed by atoms with Gasteiger partial charge in [0.05, 0.1) is 29.6 Å². The predicted octanol–water partition coefficient (Wildman–Crippen LogP) is 5.10. The molecular formula is C32H34ClFN8O6. The van der Waals surface area contributed by atoms with Gasteiger partial charge in [-0.15, -0.1) is 5.10 Å². The number of amides is 2. The topological polar surface area (TPSA) is 182 Å². The second kappa shape index (κ2) is 17.5. The molecule has 0 saturated heterocycles. The minimum Gasteiger partial charge on any atom is -0.480 e. The molecule has 0 aliphatic carbocycles. The summed E-state index contributed by atoms with van der Waals surface area (Å²) in [6.45, 7) is 2.30. The Hall–Kier alpha value is -5.41. The Morgan fingerprint density at radius 3 is 2.71 bits per heavy atom. The number of tetrazole rings is 1. The van der Waals surface area contributed by atoms with E-state index in [1.165, 1.54) is 36.3 Å². The number of ether oxygens (including phenoxy) is 2. The van der Waals surface area contributed by atoms with Crippen molar-refractivity contribution >= 4 is 47.0 Å². The molecule has 0 radical (unpaired) electrons. The Bertz CT molecular complexity index is 1750. The number of carbonyl (C=O) groups is 3. The van der Waals surface area contributed by atoms with E-state index >= 15 is 0 Å². The Morgan fingerprint density at radius 2 is 1.98 bits per heavy atom. The van der Waals surface area contributed by atoms with E-state index in [9.17, 15) is 23.9 Å². The van der Waals surface area contributed by atoms with E-state index < -0.39 is 29.8 Å². The number of unbranched alkanes of at least 4 members (excludes halogenated alkanes) is 1. The molecule has 48 heavy (non-hydrogen) atoms. The maximum Gasteiger partial charge on any atom is 0.411 e. The molecule has 4 N–H and O–H groups in total. The number of rotatable bonds is 16. The third-order valence-corrected chi connectivity index (χ3v) is 7.23. The van der Waals surface area contributed by atoms with Gasteiger partial charge in [0.1, 0.15) is 19.0 Å². The fourth-order valence-corrected chi connectivity index (χ4v) is 4.71. The number of nitrogens with one attached hydrogen (secondary N) is 3. The highest BCUT2D eigenvalue weighted by atomic mass is 35.5. The summed E-state index contributed by atoms with van der Waals surface area (Å²) in [6.07, 6.45) is 6.48. The SMILES string of the molecule is CCCCC(Nc1cc(NC(=O)OCCOC)ccc1-c1ccnc(CNC(=O)/C=C/c2c(-n3cnnn3)ccc(Cl)c2F)c1)C(=O)O. The Labute approximate surface area is 280 Å². The smallest absolute Gasteiger partial charge is 0.411 e. The zero-order valence-electron chi connectivity index (χ0n) is 26.2. The fourth-order valence-electron chi connectivity index (χ4n) is 4.54. The fraction of sp³-hybridized carbons (Fsp3) is 0.281. The van der Waals surface area contributed by atoms with Crippen LogP contribution in [0.1, 0.15) is 37.4 Å². The van der Waals surface area contributed by atoms with E-state index in [1.54, 1.807) is 36.5 Å². The summed E-state index contributed by atoms with van der Waals surface area (Å²) in [5, 5.41) is 29.1. The normalized spacial score (nSPS) is 11.7. The van der Waals surface area contributed by atoms with Crippen molar-refractivity contribution in [2.75, 3.05) is 31.0 Å². The van der Waals surface area contributed by atoms with Crippen LogP contribution in [0.2, 0.25) is 5.02 Å². The first kappa shape index (κ1) is 35.4. The van der Waals surface area contributed by atoms with Gasteiger partial charge in [0.25, 0.3) is 0 Å². The summed E-state index contributed by atoms with van der Waals surface area (Å²) in [7, 11) is 1.49. The molecule has 252 valence electrons. The molecule has 2 aromatic carbocycles. The molecule has 0 bridgehead atoms. The number of hydrogen-bond acceptors (Lipinski definition) is 10. The first-order valence-electron chi connectivity index (χ1n) is 14.9. The number of benzene rings is 2. The molecule has 2 heterocycles. The second-order valence-electron chi connectivity index (χ2n) is 10.3. The average molecular weight is 681 g/mol. The number of hydrogen-bond donors (Lipinski definition) is 4. The van der Waals surface area contributed by atoms with Crippen LogP contribution in [0.3, 0.4) is 0 Å². The number of anilines is 2. The van der Waals surface area contributed by atoms with Crippen LogP contribution in [-0.2, 0) is 25.6 Å². The molecule has 4 aromatic rings. The first-order valence-corrected chi connectivity index (χ1v) is 15.3. The van der Waals surface area contributed by atoms with Crippen LogP contribution in [0.25, 0.3) is 22.9 Å². The van der Waals surface area contributed by atoms with Crippen molar-refractivity contribution in [1.82, 2.24) is 30.5 Å². The number of carboxylic acids is 1. The van der Waals surface area contributed by atoms with E-state index in [0.717, 1.165) is 12.5 Å². The van der Waals surface area contributed by atoms with Gasteiger partial charge in [0, 0.05) is 41.9 Å². The minimum absolute atomic E-state index is 0.0184. The molecule has 0 aliphatic heterocycles. The lowest BCUT2D eigenvalue weighted by Gasteiger charge is -2.20. The molecule has 0 saturated carbocycles. The van der Waals surface area contributed by atoms with Crippen LogP contribution in [-0.4, -0.2) is 74.6 Å². The van der Waals surface area contributed by atoms with Gasteiger partial charge in [0.2, 0.25) is 5.91 Å². The highest BCUT2D eigenvalue weighted by molar-refractivity contribution is 6.31. The number of nitrogens with zero attached hydrogens (tertiary/aromatic N) is 5. The molecular weight excluding hydrogens is 647 g/mol. The lowest BCUT2D eigenvalue weighted by atomic mass is 10.0. The number of aliphatic carboxylic acids is 1. The summed E-state index contributed by atoms with van der Waals surface area (Å²) < 4.78 is 26.1. The molecule has 16 heteroatoms. The van der Waals surface area contributed by atoms with E-state index in [2.05, 4.69) is 36.5 Å². The molecule has 0 aliphatic rings. The van der Waals surface area contributed by atoms with Crippen LogP contribution in [0.4, 0.5) is 20.6 Å². The van der Waals surface area contributed by atoms with Gasteiger partial charge < -0.3 is 25.2 Å². The first-order chi connectivity index (χ1) is 23.2. The molecule has 4 rings (SSSR count). The summed E-state index contributed by atoms with van der Waals surface area (Å²) in [6, 6.07) is 10.5. The molecule has 0 spiro atoms. The third-order valence-electron chi connectivity index (χ3n) is 6.94. The van der Waals surface area contributed by atoms with Gasteiger partial charge in [-0.3, -0.25) is 15.1 Å². The van der Waals surface area contributed by atoms with Gasteiger partial charge in [0.15, 0.2) is 5.82 Å². The molecule has 14 nitrogen and oxygen atoms in total. The maximum absolute atomic E-state index is 14.9. The van der Waals surface area contributed by atoms with Crippen LogP contribution in [0, 0.1) is 5.82 Å². The van der Waals surface area contributed by atoms with Crippen molar-refractivity contribution in [3.8, 4) is 16.8 Å². The molecule has 2 aromatic heterocycles. The van der Waals surface area contributed by atoms with Crippen molar-refractivity contribution in [3.63, 3.8) is 0 Å². The largest absolute Gasteiger partial charge is 0.480 e. The predicted molar refractivity (Wildman–Crippen MR) is 176 cm³/mol. The Balaban J connectivity index is 1.53. The second-order valence-corrected chi connectivity index (χ2v) is 10.7. The van der Waals surface area contributed by atoms with Crippen molar-refractivity contribution in [2.24, 2.45) is 0 Å². The van der Waals surface area contributed by atoms with Gasteiger partial charge in [-0.2, -0.15) is 4.68 Å². The van der Waals surface area contributed by atoms with Gasteiger partial charge in [-0.05, 0) is 64.9 Å². The monoisotopic (exact) mass is 680 g/mol. The third kappa shape index (κ3) is 9.80. The Morgan fingerprint density at radius 1 is 1.15 bits per heavy atom. The standard InChI is InChI=1S/C32H34ClFN8O6/c1-3-4-5-26(31(44)45)39-27-17-21(38-32(46)48-15-14-47-2)6-7-23(27)20-12-13-35-22(16-20)18-36-29(43)11-8-24-28(42-19-37-40-41-42)10-9-25(33)30(24)34/h6-13,16-17,19,26,39H,3-5,14-15,18H2,1-2H3,(H,36,43)(H,38,46)(H,44,45)/b11-8+. The summed E-state index contributed by atoms with van der Waals surface area (Å²) in [5.74, 6) is -2.28. The summed E-state index contributed by atoms with van der Waals surface area (Å²) in [4.78, 5) is 41.4. The van der Waals surface area contributed by atoms with Crippen molar-refractivity contribution in [1.29, 1.82) is 0 Å². The zero-order valence-corrected chi connectivity index (χ0v) is 26.9. The van der Waals surface area contributed by atoms with Crippen LogP contribution >= 0.6 is 11.6 Å². The van der Waals surface area contributed by atoms with E-state index in [-0.39, 0.29) is 36.0 Å². The van der Waals surface area contributed by atoms with Crippen LogP contribution in [0.15, 0.2) is 61.1 Å². The van der Waals surface area contributed by atoms with Crippen LogP contribution in [0.5, 0.6) is 0 Å². The van der Waals surface area contributed by atoms with Crippen molar-refractivity contribution in [2.45, 2.75) is 38.8 Å². The molecule has 0 fully saturated rings. The van der Waals surface area contributed by atoms with Gasteiger partial charge in [-0.1, -0.05) is 37.4 Å². The number of halogens is 2. The highest BCUT2D eigenvalue weighted by Gasteiger charge is 2.20. The van der Waals surface area contributed by atoms with Gasteiger partial charge >= 0.3 is 12.1 Å². The Kier molecular flexibility index (Phi) is 12.9. The van der Waals surface area contributed by atoms with Crippen LogP contribution < -0.4 is 16.0 Å². The highest BCUT2D eigenvalue weighted by Crippen LogP contribution is 2.32. The summed E-state index contributed by atoms with van der Waals surface area (Å²) in [5.41, 5.74) is 2.95. The summed E-state index contributed by atoms with van der Waals surface area (Å²) >= 11 is 5.96. The number of pyridine rings is 1. The van der Waals surface area contributed by atoms with Crippen molar-refractivity contribution in [3.05, 3.63) is 83.2 Å². The van der Waals surface area contributed by atoms with E-state index in [1.807, 2.05) is 6.92 Å². The zero-order chi connectivity index (χ0) is 34.5. The van der Waals surface area contributed by atoms with E-state index in [4.69, 9.17) is 21.1 Å². The van der Waals surface area contributed by atoms with Gasteiger partial charge in [-0.25, -0.2) is 14.0 Å². The number of methoxy groups -OCH3 is 1. The minimum atomic E-state index is -1.01. The number of carboxylic acid groups (broad SMARTS) is 1. The van der Waals surface area contributed by atoms with E-state index in [0.29, 0.717) is 41.0 Å². The number of carbonyl (C=O) groups excluding carboxylic acids is 2. The molecule has 1 atom stereocenters. The lowest BCUT2D eigenvalue weighted by Crippen LogP contribution is -2.29. The molecule has 2 amide bonds. The molecule has 1 unspecified atom stereocenters. The average Bonchev–Trinajstić information content (AvgIpc) is 3.61. The maximum atomic E-state index is 14.9. The lowest BCUT2D eigenvalue weighted by molar-refractivity contribution is -0.138. The number of aromatic nitrogens is 5.